The van der Waals surface area contributed by atoms with Gasteiger partial charge in [-0.05, 0) is 42.5 Å². The van der Waals surface area contributed by atoms with Crippen LogP contribution in [0.15, 0.2) is 75.7 Å². The Balaban J connectivity index is 1.78. The van der Waals surface area contributed by atoms with E-state index in [1.807, 2.05) is 36.4 Å². The molecule has 1 atom stereocenters. The van der Waals surface area contributed by atoms with Crippen LogP contribution in [0.25, 0.3) is 11.3 Å². The van der Waals surface area contributed by atoms with Crippen LogP contribution in [0.2, 0.25) is 10.0 Å². The van der Waals surface area contributed by atoms with Gasteiger partial charge in [-0.3, -0.25) is 4.79 Å². The second-order valence-corrected chi connectivity index (χ2v) is 7.46. The van der Waals surface area contributed by atoms with Crippen molar-refractivity contribution in [2.24, 2.45) is 0 Å². The Bertz CT molecular complexity index is 1170. The first-order chi connectivity index (χ1) is 14.0. The average molecular weight is 442 g/mol. The molecule has 5 nitrogen and oxygen atoms in total. The molecule has 29 heavy (non-hydrogen) atoms. The maximum absolute atomic E-state index is 12.4. The lowest BCUT2D eigenvalue weighted by Gasteiger charge is -2.36. The zero-order chi connectivity index (χ0) is 20.5. The van der Waals surface area contributed by atoms with Crippen LogP contribution in [0.3, 0.4) is 0 Å². The molecule has 1 aliphatic heterocycles. The van der Waals surface area contributed by atoms with Gasteiger partial charge in [0.05, 0.1) is 15.1 Å². The SMILES string of the molecule is N#CC1=C(S)N(c2ccccc2)[C@@H](c2ccc(-c3ccc(Cl)c(Cl)c3)o2)NC1=O. The Labute approximate surface area is 182 Å². The van der Waals surface area contributed by atoms with Crippen LogP contribution in [-0.4, -0.2) is 5.91 Å². The van der Waals surface area contributed by atoms with Crippen LogP contribution < -0.4 is 10.2 Å². The van der Waals surface area contributed by atoms with Crippen molar-refractivity contribution in [1.82, 2.24) is 5.32 Å². The van der Waals surface area contributed by atoms with Crippen LogP contribution in [0.1, 0.15) is 11.9 Å². The molecule has 3 aromatic rings. The number of furan rings is 1. The molecule has 2 aromatic carbocycles. The summed E-state index contributed by atoms with van der Waals surface area (Å²) in [5.41, 5.74) is 1.44. The minimum Gasteiger partial charge on any atom is -0.457 e. The minimum absolute atomic E-state index is 0.0651. The average Bonchev–Trinajstić information content (AvgIpc) is 3.21. The number of anilines is 1. The van der Waals surface area contributed by atoms with Crippen molar-refractivity contribution < 1.29 is 9.21 Å². The van der Waals surface area contributed by atoms with E-state index in [1.54, 1.807) is 35.2 Å². The van der Waals surface area contributed by atoms with Gasteiger partial charge in [0.15, 0.2) is 6.17 Å². The van der Waals surface area contributed by atoms with Crippen molar-refractivity contribution in [3.63, 3.8) is 0 Å². The number of hydrogen-bond donors (Lipinski definition) is 2. The Kier molecular flexibility index (Phi) is 5.29. The molecule has 0 radical (unpaired) electrons. The third-order valence-electron chi connectivity index (χ3n) is 4.45. The smallest absolute Gasteiger partial charge is 0.266 e. The van der Waals surface area contributed by atoms with E-state index in [0.29, 0.717) is 21.6 Å². The minimum atomic E-state index is -0.675. The Morgan fingerprint density at radius 3 is 2.52 bits per heavy atom. The van der Waals surface area contributed by atoms with Gasteiger partial charge in [0.25, 0.3) is 5.91 Å². The first-order valence-electron chi connectivity index (χ1n) is 8.53. The van der Waals surface area contributed by atoms with Crippen LogP contribution in [0, 0.1) is 11.3 Å². The fraction of sp³-hybridized carbons (Fsp3) is 0.0476. The van der Waals surface area contributed by atoms with Crippen molar-refractivity contribution in [2.75, 3.05) is 4.90 Å². The molecule has 0 saturated carbocycles. The summed E-state index contributed by atoms with van der Waals surface area (Å²) >= 11 is 16.6. The first-order valence-corrected chi connectivity index (χ1v) is 9.73. The number of carbonyl (C=O) groups is 1. The number of rotatable bonds is 3. The highest BCUT2D eigenvalue weighted by atomic mass is 35.5. The van der Waals surface area contributed by atoms with Crippen LogP contribution in [-0.2, 0) is 4.79 Å². The van der Waals surface area contributed by atoms with Gasteiger partial charge >= 0.3 is 0 Å². The molecule has 0 spiro atoms. The van der Waals surface area contributed by atoms with Gasteiger partial charge < -0.3 is 14.6 Å². The summed E-state index contributed by atoms with van der Waals surface area (Å²) in [4.78, 5) is 14.2. The van der Waals surface area contributed by atoms with E-state index in [4.69, 9.17) is 27.6 Å². The normalized spacial score (nSPS) is 16.6. The third-order valence-corrected chi connectivity index (χ3v) is 5.63. The highest BCUT2D eigenvalue weighted by Crippen LogP contribution is 2.38. The second-order valence-electron chi connectivity index (χ2n) is 6.22. The van der Waals surface area contributed by atoms with E-state index in [-0.39, 0.29) is 10.6 Å². The fourth-order valence-electron chi connectivity index (χ4n) is 3.07. The van der Waals surface area contributed by atoms with Gasteiger partial charge in [-0.1, -0.05) is 41.4 Å². The molecule has 1 aromatic heterocycles. The molecule has 2 heterocycles. The number of nitrogens with one attached hydrogen (secondary N) is 1. The van der Waals surface area contributed by atoms with Crippen molar-refractivity contribution in [2.45, 2.75) is 6.17 Å². The highest BCUT2D eigenvalue weighted by Gasteiger charge is 2.35. The largest absolute Gasteiger partial charge is 0.457 e. The monoisotopic (exact) mass is 441 g/mol. The molecule has 1 N–H and O–H groups in total. The zero-order valence-electron chi connectivity index (χ0n) is 14.8. The number of nitriles is 1. The predicted octanol–water partition coefficient (Wildman–Crippen LogP) is 5.55. The molecule has 0 bridgehead atoms. The number of benzene rings is 2. The number of hydrogen-bond acceptors (Lipinski definition) is 5. The standard InChI is InChI=1S/C21H13Cl2N3O2S/c22-15-7-6-12(10-16(15)23)17-8-9-18(28-17)19-25-20(27)14(11-24)21(29)26(19)13-4-2-1-3-5-13/h1-10,19,29H,(H,25,27)/t19-/m0/s1. The van der Waals surface area contributed by atoms with Gasteiger partial charge in [-0.2, -0.15) is 5.26 Å². The molecule has 0 fully saturated rings. The van der Waals surface area contributed by atoms with Gasteiger partial charge in [0.2, 0.25) is 0 Å². The topological polar surface area (TPSA) is 69.3 Å². The molecule has 1 amide bonds. The molecule has 0 unspecified atom stereocenters. The number of thiol groups is 1. The summed E-state index contributed by atoms with van der Waals surface area (Å²) in [6.45, 7) is 0. The molecular weight excluding hydrogens is 429 g/mol. The molecule has 8 heteroatoms. The third kappa shape index (κ3) is 3.60. The van der Waals surface area contributed by atoms with E-state index in [9.17, 15) is 10.1 Å². The quantitative estimate of drug-likeness (QED) is 0.522. The van der Waals surface area contributed by atoms with E-state index < -0.39 is 12.1 Å². The molecule has 4 rings (SSSR count). The van der Waals surface area contributed by atoms with Crippen molar-refractivity contribution in [3.05, 3.63) is 87.1 Å². The van der Waals surface area contributed by atoms with Crippen LogP contribution in [0.4, 0.5) is 5.69 Å². The van der Waals surface area contributed by atoms with Crippen molar-refractivity contribution in [1.29, 1.82) is 5.26 Å². The molecule has 1 aliphatic rings. The summed E-state index contributed by atoms with van der Waals surface area (Å²) in [6, 6.07) is 20.0. The number of amides is 1. The lowest BCUT2D eigenvalue weighted by molar-refractivity contribution is -0.118. The maximum atomic E-state index is 12.4. The van der Waals surface area contributed by atoms with E-state index in [2.05, 4.69) is 17.9 Å². The first kappa shape index (κ1) is 19.5. The lowest BCUT2D eigenvalue weighted by Crippen LogP contribution is -2.45. The number of para-hydroxylation sites is 1. The fourth-order valence-corrected chi connectivity index (χ4v) is 3.75. The summed E-state index contributed by atoms with van der Waals surface area (Å²) in [6.07, 6.45) is -0.675. The highest BCUT2D eigenvalue weighted by molar-refractivity contribution is 7.84. The Morgan fingerprint density at radius 2 is 1.83 bits per heavy atom. The van der Waals surface area contributed by atoms with Gasteiger partial charge in [-0.15, -0.1) is 12.6 Å². The summed E-state index contributed by atoms with van der Waals surface area (Å²) in [7, 11) is 0. The second kappa shape index (κ2) is 7.88. The van der Waals surface area contributed by atoms with E-state index in [1.165, 1.54) is 0 Å². The molecule has 0 aliphatic carbocycles. The predicted molar refractivity (Wildman–Crippen MR) is 116 cm³/mol. The number of nitrogens with zero attached hydrogens (tertiary/aromatic N) is 2. The van der Waals surface area contributed by atoms with Crippen LogP contribution >= 0.6 is 35.8 Å². The summed E-state index contributed by atoms with van der Waals surface area (Å²) in [5, 5.41) is 13.3. The number of carbonyl (C=O) groups excluding carboxylic acids is 1. The van der Waals surface area contributed by atoms with E-state index >= 15 is 0 Å². The lowest BCUT2D eigenvalue weighted by atomic mass is 10.1. The maximum Gasteiger partial charge on any atom is 0.266 e. The van der Waals surface area contributed by atoms with Gasteiger partial charge in [0.1, 0.15) is 23.2 Å². The zero-order valence-corrected chi connectivity index (χ0v) is 17.2. The molecule has 144 valence electrons. The van der Waals surface area contributed by atoms with E-state index in [0.717, 1.165) is 11.3 Å². The summed E-state index contributed by atoms with van der Waals surface area (Å²) in [5.74, 6) is 0.533. The summed E-state index contributed by atoms with van der Waals surface area (Å²) < 4.78 is 6.02. The molecular formula is C21H13Cl2N3O2S. The van der Waals surface area contributed by atoms with Gasteiger partial charge in [0, 0.05) is 11.3 Å². The van der Waals surface area contributed by atoms with Crippen molar-refractivity contribution in [3.8, 4) is 17.4 Å². The number of halogens is 2. The Hall–Kier alpha value is -2.85. The van der Waals surface area contributed by atoms with Gasteiger partial charge in [-0.25, -0.2) is 0 Å². The Morgan fingerprint density at radius 1 is 1.07 bits per heavy atom. The van der Waals surface area contributed by atoms with Crippen molar-refractivity contribution >= 4 is 47.4 Å². The molecule has 0 saturated heterocycles. The van der Waals surface area contributed by atoms with Crippen LogP contribution in [0.5, 0.6) is 0 Å².